The summed E-state index contributed by atoms with van der Waals surface area (Å²) in [7, 11) is 1.68. The van der Waals surface area contributed by atoms with Crippen molar-refractivity contribution in [3.8, 4) is 5.69 Å². The first kappa shape index (κ1) is 22.9. The van der Waals surface area contributed by atoms with Crippen molar-refractivity contribution < 1.29 is 9.53 Å². The van der Waals surface area contributed by atoms with Crippen LogP contribution in [-0.4, -0.2) is 38.0 Å². The molecule has 0 saturated heterocycles. The van der Waals surface area contributed by atoms with E-state index in [9.17, 15) is 9.59 Å². The maximum atomic E-state index is 12.8. The lowest BCUT2D eigenvalue weighted by Gasteiger charge is -2.24. The van der Waals surface area contributed by atoms with Crippen molar-refractivity contribution in [3.63, 3.8) is 0 Å². The minimum atomic E-state index is -0.549. The van der Waals surface area contributed by atoms with E-state index in [1.54, 1.807) is 37.4 Å². The predicted molar refractivity (Wildman–Crippen MR) is 121 cm³/mol. The lowest BCUT2D eigenvalue weighted by atomic mass is 10.2. The number of ether oxygens (including phenoxy) is 1. The molecular formula is C22H24Cl2N4O3. The van der Waals surface area contributed by atoms with Crippen LogP contribution in [0.2, 0.25) is 10.0 Å². The maximum Gasteiger partial charge on any atom is 0.410 e. The molecule has 0 N–H and O–H groups in total. The smallest absolute Gasteiger partial charge is 0.410 e. The fourth-order valence-corrected chi connectivity index (χ4v) is 3.34. The monoisotopic (exact) mass is 462 g/mol. The molecule has 0 aliphatic rings. The Morgan fingerprint density at radius 2 is 1.81 bits per heavy atom. The molecule has 0 radical (unpaired) electrons. The second-order valence-electron chi connectivity index (χ2n) is 8.18. The van der Waals surface area contributed by atoms with Crippen LogP contribution in [0, 0.1) is 0 Å². The van der Waals surface area contributed by atoms with E-state index in [1.807, 2.05) is 32.9 Å². The summed E-state index contributed by atoms with van der Waals surface area (Å²) in [6.07, 6.45) is 1.07. The second kappa shape index (κ2) is 9.16. The van der Waals surface area contributed by atoms with Gasteiger partial charge in [-0.15, -0.1) is 0 Å². The van der Waals surface area contributed by atoms with Crippen LogP contribution in [0.5, 0.6) is 0 Å². The van der Waals surface area contributed by atoms with Crippen LogP contribution in [0.1, 0.15) is 31.9 Å². The van der Waals surface area contributed by atoms with Gasteiger partial charge in [-0.25, -0.2) is 18.8 Å². The van der Waals surface area contributed by atoms with Gasteiger partial charge in [-0.3, -0.25) is 0 Å². The van der Waals surface area contributed by atoms with E-state index in [1.165, 1.54) is 20.5 Å². The van der Waals surface area contributed by atoms with Gasteiger partial charge < -0.3 is 9.64 Å². The van der Waals surface area contributed by atoms with Crippen LogP contribution < -0.4 is 5.69 Å². The first-order valence-electron chi connectivity index (χ1n) is 9.65. The molecule has 3 rings (SSSR count). The summed E-state index contributed by atoms with van der Waals surface area (Å²) >= 11 is 12.1. The third-order valence-electron chi connectivity index (χ3n) is 4.41. The summed E-state index contributed by atoms with van der Waals surface area (Å²) in [5.41, 5.74) is 1.49. The van der Waals surface area contributed by atoms with Gasteiger partial charge in [0, 0.05) is 23.6 Å². The zero-order chi connectivity index (χ0) is 22.8. The molecule has 0 aliphatic carbocycles. The molecule has 7 nitrogen and oxygen atoms in total. The Hall–Kier alpha value is -2.77. The normalized spacial score (nSPS) is 11.4. The molecule has 0 aliphatic heterocycles. The first-order chi connectivity index (χ1) is 14.5. The number of rotatable bonds is 5. The average molecular weight is 463 g/mol. The van der Waals surface area contributed by atoms with Crippen molar-refractivity contribution in [2.45, 2.75) is 39.5 Å². The van der Waals surface area contributed by atoms with Crippen molar-refractivity contribution in [2.24, 2.45) is 0 Å². The highest BCUT2D eigenvalue weighted by Crippen LogP contribution is 2.21. The van der Waals surface area contributed by atoms with Gasteiger partial charge in [0.2, 0.25) is 0 Å². The Morgan fingerprint density at radius 1 is 1.13 bits per heavy atom. The highest BCUT2D eigenvalue weighted by Gasteiger charge is 2.19. The van der Waals surface area contributed by atoms with Gasteiger partial charge in [-0.2, -0.15) is 5.10 Å². The molecule has 0 fully saturated rings. The minimum absolute atomic E-state index is 0.237. The zero-order valence-electron chi connectivity index (χ0n) is 17.8. The van der Waals surface area contributed by atoms with Crippen LogP contribution in [0.4, 0.5) is 4.79 Å². The number of halogens is 2. The van der Waals surface area contributed by atoms with Crippen LogP contribution >= 0.6 is 23.2 Å². The zero-order valence-corrected chi connectivity index (χ0v) is 19.3. The number of aromatic nitrogens is 3. The topological polar surface area (TPSA) is 69.4 Å². The molecular weight excluding hydrogens is 439 g/mol. The molecule has 164 valence electrons. The first-order valence-corrected chi connectivity index (χ1v) is 10.4. The SMILES string of the molecule is CN(Cc1ccc(-n2cnn(Cc3ccc(Cl)cc3Cl)c2=O)cc1)C(=O)OC(C)(C)C. The Labute approximate surface area is 190 Å². The number of hydrogen-bond donors (Lipinski definition) is 0. The van der Waals surface area contributed by atoms with Crippen LogP contribution in [0.25, 0.3) is 5.69 Å². The number of carbonyl (C=O) groups is 1. The molecule has 2 aromatic carbocycles. The second-order valence-corrected chi connectivity index (χ2v) is 9.02. The summed E-state index contributed by atoms with van der Waals surface area (Å²) in [6.45, 7) is 6.10. The Bertz CT molecular complexity index is 1130. The Kier molecular flexibility index (Phi) is 6.77. The van der Waals surface area contributed by atoms with Gasteiger partial charge in [0.1, 0.15) is 11.9 Å². The molecule has 0 atom stereocenters. The number of benzene rings is 2. The minimum Gasteiger partial charge on any atom is -0.444 e. The predicted octanol–water partition coefficient (Wildman–Crippen LogP) is 4.76. The van der Waals surface area contributed by atoms with Gasteiger partial charge in [-0.1, -0.05) is 41.4 Å². The third-order valence-corrected chi connectivity index (χ3v) is 4.99. The molecule has 3 aromatic rings. The summed E-state index contributed by atoms with van der Waals surface area (Å²) < 4.78 is 8.14. The fraction of sp³-hybridized carbons (Fsp3) is 0.318. The van der Waals surface area contributed by atoms with E-state index in [0.29, 0.717) is 22.3 Å². The van der Waals surface area contributed by atoms with Gasteiger partial charge in [0.25, 0.3) is 0 Å². The number of amides is 1. The molecule has 0 spiro atoms. The lowest BCUT2D eigenvalue weighted by Crippen LogP contribution is -2.33. The summed E-state index contributed by atoms with van der Waals surface area (Å²) in [6, 6.07) is 12.4. The molecule has 0 saturated carbocycles. The van der Waals surface area contributed by atoms with Crippen molar-refractivity contribution in [2.75, 3.05) is 7.05 Å². The standard InChI is InChI=1S/C22H24Cl2N4O3/c1-22(2,3)31-21(30)26(4)12-15-5-9-18(10-6-15)27-14-25-28(20(27)29)13-16-7-8-17(23)11-19(16)24/h5-11,14H,12-13H2,1-4H3. The van der Waals surface area contributed by atoms with Crippen LogP contribution in [0.15, 0.2) is 53.6 Å². The largest absolute Gasteiger partial charge is 0.444 e. The highest BCUT2D eigenvalue weighted by molar-refractivity contribution is 6.35. The summed E-state index contributed by atoms with van der Waals surface area (Å²) in [4.78, 5) is 26.4. The van der Waals surface area contributed by atoms with E-state index in [-0.39, 0.29) is 12.2 Å². The quantitative estimate of drug-likeness (QED) is 0.548. The van der Waals surface area contributed by atoms with Crippen LogP contribution in [0.3, 0.4) is 0 Å². The van der Waals surface area contributed by atoms with Gasteiger partial charge in [0.15, 0.2) is 0 Å². The van der Waals surface area contributed by atoms with Gasteiger partial charge in [0.05, 0.1) is 12.2 Å². The lowest BCUT2D eigenvalue weighted by molar-refractivity contribution is 0.0285. The van der Waals surface area contributed by atoms with Crippen molar-refractivity contribution in [1.29, 1.82) is 0 Å². The molecule has 0 bridgehead atoms. The molecule has 1 heterocycles. The molecule has 31 heavy (non-hydrogen) atoms. The van der Waals surface area contributed by atoms with Gasteiger partial charge in [-0.05, 0) is 56.2 Å². The van der Waals surface area contributed by atoms with E-state index in [0.717, 1.165) is 11.1 Å². The third kappa shape index (κ3) is 5.89. The summed E-state index contributed by atoms with van der Waals surface area (Å²) in [5, 5.41) is 5.20. The highest BCUT2D eigenvalue weighted by atomic mass is 35.5. The van der Waals surface area contributed by atoms with E-state index in [2.05, 4.69) is 5.10 Å². The molecule has 0 unspecified atom stereocenters. The number of carbonyl (C=O) groups excluding carboxylic acids is 1. The van der Waals surface area contributed by atoms with Crippen molar-refractivity contribution in [3.05, 3.63) is 80.4 Å². The number of nitrogens with zero attached hydrogens (tertiary/aromatic N) is 4. The van der Waals surface area contributed by atoms with Crippen molar-refractivity contribution >= 4 is 29.3 Å². The molecule has 1 aromatic heterocycles. The van der Waals surface area contributed by atoms with E-state index < -0.39 is 11.7 Å². The molecule has 1 amide bonds. The number of hydrogen-bond acceptors (Lipinski definition) is 4. The van der Waals surface area contributed by atoms with Gasteiger partial charge >= 0.3 is 11.8 Å². The Morgan fingerprint density at radius 3 is 2.42 bits per heavy atom. The average Bonchev–Trinajstić information content (AvgIpc) is 3.03. The fourth-order valence-electron chi connectivity index (χ4n) is 2.87. The maximum absolute atomic E-state index is 12.8. The van der Waals surface area contributed by atoms with Crippen molar-refractivity contribution in [1.82, 2.24) is 19.2 Å². The Balaban J connectivity index is 1.72. The summed E-state index contributed by atoms with van der Waals surface area (Å²) in [5.74, 6) is 0. The molecule has 9 heteroatoms. The van der Waals surface area contributed by atoms with Crippen LogP contribution in [-0.2, 0) is 17.8 Å². The van der Waals surface area contributed by atoms with E-state index in [4.69, 9.17) is 27.9 Å². The van der Waals surface area contributed by atoms with E-state index >= 15 is 0 Å².